The molecule has 3 aromatic rings. The fourth-order valence-electron chi connectivity index (χ4n) is 5.45. The van der Waals surface area contributed by atoms with E-state index in [1.807, 2.05) is 30.3 Å². The molecule has 0 radical (unpaired) electrons. The zero-order valence-corrected chi connectivity index (χ0v) is 20.2. The zero-order valence-electron chi connectivity index (χ0n) is 20.2. The molecule has 0 bridgehead atoms. The van der Waals surface area contributed by atoms with Crippen molar-refractivity contribution in [2.45, 2.75) is 32.1 Å². The van der Waals surface area contributed by atoms with Crippen molar-refractivity contribution < 1.29 is 18.7 Å². The topological polar surface area (TPSA) is 55.2 Å². The number of nitrogens with zero attached hydrogens (tertiary/aromatic N) is 2. The summed E-state index contributed by atoms with van der Waals surface area (Å²) < 4.78 is 16.9. The average molecular weight is 463 g/mol. The van der Waals surface area contributed by atoms with Gasteiger partial charge in [-0.1, -0.05) is 18.2 Å². The van der Waals surface area contributed by atoms with E-state index in [9.17, 15) is 4.79 Å². The van der Waals surface area contributed by atoms with Crippen LogP contribution in [0.4, 0.5) is 0 Å². The Morgan fingerprint density at radius 3 is 2.62 bits per heavy atom. The Morgan fingerprint density at radius 2 is 1.82 bits per heavy atom. The van der Waals surface area contributed by atoms with Crippen molar-refractivity contribution in [3.05, 3.63) is 59.4 Å². The predicted octanol–water partition coefficient (Wildman–Crippen LogP) is 4.33. The first-order chi connectivity index (χ1) is 16.6. The smallest absolute Gasteiger partial charge is 0.227 e. The van der Waals surface area contributed by atoms with Crippen molar-refractivity contribution in [1.82, 2.24) is 9.80 Å². The zero-order chi connectivity index (χ0) is 23.5. The number of benzene rings is 2. The number of amides is 1. The van der Waals surface area contributed by atoms with E-state index in [-0.39, 0.29) is 5.91 Å². The second-order valence-electron chi connectivity index (χ2n) is 9.55. The third kappa shape index (κ3) is 4.92. The number of methoxy groups -OCH3 is 2. The highest BCUT2D eigenvalue weighted by Gasteiger charge is 2.27. The van der Waals surface area contributed by atoms with Gasteiger partial charge >= 0.3 is 0 Å². The normalized spacial score (nSPS) is 19.2. The molecule has 0 saturated carbocycles. The van der Waals surface area contributed by atoms with Crippen LogP contribution in [0.15, 0.2) is 46.9 Å². The molecule has 1 saturated heterocycles. The molecule has 2 aromatic carbocycles. The number of piperidine rings is 1. The molecule has 180 valence electrons. The van der Waals surface area contributed by atoms with Gasteiger partial charge in [0.15, 0.2) is 11.5 Å². The van der Waals surface area contributed by atoms with Gasteiger partial charge in [-0.3, -0.25) is 4.79 Å². The summed E-state index contributed by atoms with van der Waals surface area (Å²) in [7, 11) is 3.29. The van der Waals surface area contributed by atoms with Crippen molar-refractivity contribution in [3.8, 4) is 11.5 Å². The molecule has 2 aliphatic heterocycles. The van der Waals surface area contributed by atoms with E-state index < -0.39 is 0 Å². The molecular weight excluding hydrogens is 428 g/mol. The molecule has 2 aliphatic rings. The fraction of sp³-hybridized carbons (Fsp3) is 0.464. The summed E-state index contributed by atoms with van der Waals surface area (Å²) in [6.07, 6.45) is 4.56. The predicted molar refractivity (Wildman–Crippen MR) is 133 cm³/mol. The van der Waals surface area contributed by atoms with E-state index in [0.717, 1.165) is 68.2 Å². The van der Waals surface area contributed by atoms with Gasteiger partial charge in [0, 0.05) is 38.0 Å². The van der Waals surface area contributed by atoms with Crippen LogP contribution < -0.4 is 9.47 Å². The number of hydrogen-bond acceptors (Lipinski definition) is 5. The van der Waals surface area contributed by atoms with Gasteiger partial charge in [0.1, 0.15) is 11.3 Å². The molecule has 5 rings (SSSR count). The Balaban J connectivity index is 1.18. The third-order valence-corrected chi connectivity index (χ3v) is 7.28. The molecule has 6 heteroatoms. The number of furan rings is 1. The van der Waals surface area contributed by atoms with Gasteiger partial charge in [-0.15, -0.1) is 0 Å². The maximum atomic E-state index is 13.1. The molecule has 34 heavy (non-hydrogen) atoms. The number of carbonyl (C=O) groups excluding carboxylic acids is 1. The second-order valence-corrected chi connectivity index (χ2v) is 9.55. The van der Waals surface area contributed by atoms with E-state index in [1.165, 1.54) is 23.8 Å². The highest BCUT2D eigenvalue weighted by molar-refractivity contribution is 5.80. The molecule has 3 heterocycles. The molecule has 0 spiro atoms. The Hall–Kier alpha value is -2.99. The standard InChI is InChI=1S/C28H34N2O4/c1-32-26-15-21-9-13-30(28(31)17-23(21)16-27(26)33-2)19-20-6-5-11-29(18-20)12-10-24-14-22-7-3-4-8-25(22)34-24/h3-4,7-8,14-16,20H,5-6,9-13,17-19H2,1-2H3. The Kier molecular flexibility index (Phi) is 6.77. The lowest BCUT2D eigenvalue weighted by Gasteiger charge is -2.35. The highest BCUT2D eigenvalue weighted by Crippen LogP contribution is 2.33. The molecule has 0 aliphatic carbocycles. The lowest BCUT2D eigenvalue weighted by atomic mass is 9.97. The van der Waals surface area contributed by atoms with Gasteiger partial charge < -0.3 is 23.7 Å². The number of rotatable bonds is 7. The fourth-order valence-corrected chi connectivity index (χ4v) is 5.45. The minimum absolute atomic E-state index is 0.213. The van der Waals surface area contributed by atoms with Gasteiger partial charge in [0.2, 0.25) is 5.91 Å². The summed E-state index contributed by atoms with van der Waals surface area (Å²) in [5.74, 6) is 3.20. The van der Waals surface area contributed by atoms with Crippen LogP contribution in [0, 0.1) is 5.92 Å². The van der Waals surface area contributed by atoms with Gasteiger partial charge in [-0.05, 0) is 67.1 Å². The quantitative estimate of drug-likeness (QED) is 0.523. The molecule has 0 N–H and O–H groups in total. The largest absolute Gasteiger partial charge is 0.493 e. The highest BCUT2D eigenvalue weighted by atomic mass is 16.5. The van der Waals surface area contributed by atoms with Crippen LogP contribution in [0.5, 0.6) is 11.5 Å². The summed E-state index contributed by atoms with van der Waals surface area (Å²) in [5.41, 5.74) is 3.20. The molecule has 1 amide bonds. The van der Waals surface area contributed by atoms with E-state index >= 15 is 0 Å². The molecule has 1 unspecified atom stereocenters. The van der Waals surface area contributed by atoms with Gasteiger partial charge in [-0.2, -0.15) is 0 Å². The summed E-state index contributed by atoms with van der Waals surface area (Å²) in [5, 5.41) is 1.17. The lowest BCUT2D eigenvalue weighted by molar-refractivity contribution is -0.131. The van der Waals surface area contributed by atoms with Crippen LogP contribution in [0.1, 0.15) is 29.7 Å². The maximum absolute atomic E-state index is 13.1. The molecule has 1 fully saturated rings. The lowest BCUT2D eigenvalue weighted by Crippen LogP contribution is -2.43. The molecule has 6 nitrogen and oxygen atoms in total. The van der Waals surface area contributed by atoms with Crippen LogP contribution >= 0.6 is 0 Å². The van der Waals surface area contributed by atoms with E-state index in [4.69, 9.17) is 13.9 Å². The van der Waals surface area contributed by atoms with Gasteiger partial charge in [0.25, 0.3) is 0 Å². The van der Waals surface area contributed by atoms with Crippen LogP contribution in [-0.2, 0) is 24.1 Å². The van der Waals surface area contributed by atoms with E-state index in [1.54, 1.807) is 14.2 Å². The van der Waals surface area contributed by atoms with Crippen LogP contribution in [-0.4, -0.2) is 62.7 Å². The van der Waals surface area contributed by atoms with Crippen molar-refractivity contribution >= 4 is 16.9 Å². The second kappa shape index (κ2) is 10.1. The number of para-hydroxylation sites is 1. The van der Waals surface area contributed by atoms with Gasteiger partial charge in [-0.25, -0.2) is 0 Å². The minimum Gasteiger partial charge on any atom is -0.493 e. The van der Waals surface area contributed by atoms with Crippen LogP contribution in [0.2, 0.25) is 0 Å². The minimum atomic E-state index is 0.213. The summed E-state index contributed by atoms with van der Waals surface area (Å²) in [6, 6.07) is 14.4. The van der Waals surface area contributed by atoms with Crippen molar-refractivity contribution in [3.63, 3.8) is 0 Å². The Labute approximate surface area is 201 Å². The summed E-state index contributed by atoms with van der Waals surface area (Å²) >= 11 is 0. The van der Waals surface area contributed by atoms with Gasteiger partial charge in [0.05, 0.1) is 20.6 Å². The molecular formula is C28H34N2O4. The average Bonchev–Trinajstić information content (AvgIpc) is 3.22. The number of fused-ring (bicyclic) bond motifs is 2. The maximum Gasteiger partial charge on any atom is 0.227 e. The Morgan fingerprint density at radius 1 is 1.03 bits per heavy atom. The molecule has 1 aromatic heterocycles. The van der Waals surface area contributed by atoms with Crippen LogP contribution in [0.25, 0.3) is 11.0 Å². The first-order valence-electron chi connectivity index (χ1n) is 12.3. The van der Waals surface area contributed by atoms with E-state index in [2.05, 4.69) is 21.9 Å². The monoisotopic (exact) mass is 462 g/mol. The Bertz CT molecular complexity index is 1120. The van der Waals surface area contributed by atoms with Crippen molar-refractivity contribution in [2.24, 2.45) is 5.92 Å². The number of carbonyl (C=O) groups is 1. The van der Waals surface area contributed by atoms with Crippen molar-refractivity contribution in [1.29, 1.82) is 0 Å². The van der Waals surface area contributed by atoms with Crippen LogP contribution in [0.3, 0.4) is 0 Å². The van der Waals surface area contributed by atoms with E-state index in [0.29, 0.717) is 18.1 Å². The summed E-state index contributed by atoms with van der Waals surface area (Å²) in [4.78, 5) is 17.7. The first-order valence-corrected chi connectivity index (χ1v) is 12.3. The molecule has 1 atom stereocenters. The number of ether oxygens (including phenoxy) is 2. The third-order valence-electron chi connectivity index (χ3n) is 7.28. The number of likely N-dealkylation sites (tertiary alicyclic amines) is 1. The number of hydrogen-bond donors (Lipinski definition) is 0. The SMILES string of the molecule is COc1cc2c(cc1OC)CC(=O)N(CC1CCCN(CCc3cc4ccccc4o3)C1)CC2. The first kappa shape index (κ1) is 22.8. The summed E-state index contributed by atoms with van der Waals surface area (Å²) in [6.45, 7) is 4.75. The van der Waals surface area contributed by atoms with Crippen molar-refractivity contribution in [2.75, 3.05) is 46.9 Å².